The molecular weight excluding hydrogens is 400 g/mol. The first-order valence-electron chi connectivity index (χ1n) is 10.4. The van der Waals surface area contributed by atoms with Gasteiger partial charge in [0, 0.05) is 36.6 Å². The Hall–Kier alpha value is -4.39. The van der Waals surface area contributed by atoms with Gasteiger partial charge in [0.05, 0.1) is 11.1 Å². The van der Waals surface area contributed by atoms with Crippen LogP contribution < -0.4 is 10.6 Å². The third-order valence-corrected chi connectivity index (χ3v) is 6.07. The first kappa shape index (κ1) is 18.4. The molecule has 5 aromatic rings. The summed E-state index contributed by atoms with van der Waals surface area (Å²) in [4.78, 5) is 24.1. The van der Waals surface area contributed by atoms with Crippen molar-refractivity contribution in [2.45, 2.75) is 6.54 Å². The van der Waals surface area contributed by atoms with E-state index >= 15 is 0 Å². The maximum Gasteiger partial charge on any atom is 0.247 e. The van der Waals surface area contributed by atoms with E-state index in [-0.39, 0.29) is 5.91 Å². The number of anilines is 2. The molecule has 4 heterocycles. The van der Waals surface area contributed by atoms with E-state index in [2.05, 4.69) is 54.9 Å². The molecule has 1 aliphatic heterocycles. The average Bonchev–Trinajstić information content (AvgIpc) is 3.34. The first-order valence-corrected chi connectivity index (χ1v) is 10.4. The average molecular weight is 420 g/mol. The van der Waals surface area contributed by atoms with Crippen molar-refractivity contribution in [3.63, 3.8) is 0 Å². The Labute approximate surface area is 183 Å². The third kappa shape index (κ3) is 2.64. The standard InChI is InChI=1S/C25H20N6O/c1-3-20(32)30-17-6-4-14(5-7-17)23-21-18-10-15-8-9-26-19(15)11-16(18)12-27-24-22(21)25(31(23)2)29-13-28-24/h3-11,13,26H,1,12H2,2H3,(H,30,32)(H,27,28,29). The number of aryl methyl sites for hydroxylation is 1. The molecule has 3 N–H and O–H groups in total. The second kappa shape index (κ2) is 6.81. The Morgan fingerprint density at radius 2 is 2.03 bits per heavy atom. The van der Waals surface area contributed by atoms with Crippen LogP contribution in [0.3, 0.4) is 0 Å². The Balaban J connectivity index is 1.63. The van der Waals surface area contributed by atoms with Gasteiger partial charge in [-0.3, -0.25) is 4.79 Å². The second-order valence-corrected chi connectivity index (χ2v) is 7.90. The quantitative estimate of drug-likeness (QED) is 0.365. The molecule has 32 heavy (non-hydrogen) atoms. The van der Waals surface area contributed by atoms with Gasteiger partial charge in [-0.15, -0.1) is 0 Å². The van der Waals surface area contributed by atoms with E-state index in [4.69, 9.17) is 0 Å². The van der Waals surface area contributed by atoms with Crippen molar-refractivity contribution < 1.29 is 4.79 Å². The number of H-pyrrole nitrogens is 1. The number of carbonyl (C=O) groups excluding carboxylic acids is 1. The molecule has 0 radical (unpaired) electrons. The minimum absolute atomic E-state index is 0.232. The lowest BCUT2D eigenvalue weighted by Crippen LogP contribution is -2.07. The molecule has 7 heteroatoms. The lowest BCUT2D eigenvalue weighted by atomic mass is 9.94. The van der Waals surface area contributed by atoms with E-state index in [9.17, 15) is 4.79 Å². The fraction of sp³-hybridized carbons (Fsp3) is 0.0800. The van der Waals surface area contributed by atoms with Crippen LogP contribution >= 0.6 is 0 Å². The molecule has 2 aromatic carbocycles. The van der Waals surface area contributed by atoms with Crippen LogP contribution in [0, 0.1) is 0 Å². The summed E-state index contributed by atoms with van der Waals surface area (Å²) in [6, 6.07) is 14.4. The molecule has 0 saturated heterocycles. The van der Waals surface area contributed by atoms with Crippen molar-refractivity contribution >= 4 is 39.3 Å². The minimum atomic E-state index is -0.232. The zero-order valence-electron chi connectivity index (χ0n) is 17.4. The van der Waals surface area contributed by atoms with Crippen LogP contribution in [0.2, 0.25) is 0 Å². The van der Waals surface area contributed by atoms with Crippen LogP contribution in [-0.4, -0.2) is 25.4 Å². The molecule has 0 bridgehead atoms. The number of fused-ring (bicyclic) bond motifs is 3. The zero-order chi connectivity index (χ0) is 21.8. The monoisotopic (exact) mass is 420 g/mol. The van der Waals surface area contributed by atoms with Gasteiger partial charge in [-0.25, -0.2) is 9.97 Å². The summed E-state index contributed by atoms with van der Waals surface area (Å²) in [5.41, 5.74) is 8.28. The number of amides is 1. The smallest absolute Gasteiger partial charge is 0.247 e. The minimum Gasteiger partial charge on any atom is -0.365 e. The number of carbonyl (C=O) groups is 1. The molecular formula is C25H20N6O. The van der Waals surface area contributed by atoms with Crippen molar-refractivity contribution in [2.24, 2.45) is 7.05 Å². The van der Waals surface area contributed by atoms with Gasteiger partial charge in [0.2, 0.25) is 5.91 Å². The molecule has 6 rings (SSSR count). The molecule has 1 aliphatic rings. The maximum absolute atomic E-state index is 11.7. The summed E-state index contributed by atoms with van der Waals surface area (Å²) >= 11 is 0. The molecule has 0 saturated carbocycles. The van der Waals surface area contributed by atoms with Crippen molar-refractivity contribution in [1.82, 2.24) is 19.5 Å². The van der Waals surface area contributed by atoms with E-state index in [0.717, 1.165) is 50.3 Å². The Kier molecular flexibility index (Phi) is 3.91. The molecule has 1 amide bonds. The molecule has 0 fully saturated rings. The highest BCUT2D eigenvalue weighted by molar-refractivity contribution is 6.10. The van der Waals surface area contributed by atoms with Gasteiger partial charge in [0.25, 0.3) is 0 Å². The zero-order valence-corrected chi connectivity index (χ0v) is 17.4. The number of nitrogens with zero attached hydrogens (tertiary/aromatic N) is 3. The second-order valence-electron chi connectivity index (χ2n) is 7.90. The van der Waals surface area contributed by atoms with Crippen LogP contribution in [0.25, 0.3) is 44.3 Å². The molecule has 0 unspecified atom stereocenters. The summed E-state index contributed by atoms with van der Waals surface area (Å²) in [5.74, 6) is 0.603. The Morgan fingerprint density at radius 3 is 2.84 bits per heavy atom. The van der Waals surface area contributed by atoms with E-state index in [1.807, 2.05) is 37.5 Å². The fourth-order valence-corrected chi connectivity index (χ4v) is 4.60. The SMILES string of the molecule is C=CC(=O)Nc1ccc(-c2c3c4c(ncnc4n2C)NCc2cc4[nH]ccc4cc2-3)cc1. The summed E-state index contributed by atoms with van der Waals surface area (Å²) in [6.07, 6.45) is 4.83. The Bertz CT molecular complexity index is 1540. The third-order valence-electron chi connectivity index (χ3n) is 6.07. The highest BCUT2D eigenvalue weighted by Gasteiger charge is 2.26. The normalized spacial score (nSPS) is 12.3. The van der Waals surface area contributed by atoms with Gasteiger partial charge in [-0.05, 0) is 58.5 Å². The first-order chi connectivity index (χ1) is 15.6. The van der Waals surface area contributed by atoms with Crippen LogP contribution in [0.1, 0.15) is 5.56 Å². The van der Waals surface area contributed by atoms with Crippen molar-refractivity contribution in [3.05, 3.63) is 73.2 Å². The predicted octanol–water partition coefficient (Wildman–Crippen LogP) is 4.83. The van der Waals surface area contributed by atoms with Gasteiger partial charge >= 0.3 is 0 Å². The van der Waals surface area contributed by atoms with Crippen LogP contribution in [-0.2, 0) is 18.4 Å². The topological polar surface area (TPSA) is 87.6 Å². The van der Waals surface area contributed by atoms with E-state index in [0.29, 0.717) is 6.54 Å². The number of hydrogen-bond acceptors (Lipinski definition) is 4. The number of aromatic amines is 1. The fourth-order valence-electron chi connectivity index (χ4n) is 4.60. The number of benzene rings is 2. The number of nitrogens with one attached hydrogen (secondary N) is 3. The summed E-state index contributed by atoms with van der Waals surface area (Å²) in [7, 11) is 2.03. The highest BCUT2D eigenvalue weighted by atomic mass is 16.1. The summed E-state index contributed by atoms with van der Waals surface area (Å²) < 4.78 is 2.12. The van der Waals surface area contributed by atoms with Gasteiger partial charge in [-0.2, -0.15) is 0 Å². The predicted molar refractivity (Wildman–Crippen MR) is 127 cm³/mol. The van der Waals surface area contributed by atoms with E-state index in [1.165, 1.54) is 17.2 Å². The number of hydrogen-bond donors (Lipinski definition) is 3. The number of rotatable bonds is 3. The molecule has 7 nitrogen and oxygen atoms in total. The molecule has 0 aliphatic carbocycles. The largest absolute Gasteiger partial charge is 0.365 e. The van der Waals surface area contributed by atoms with Gasteiger partial charge < -0.3 is 20.2 Å². The lowest BCUT2D eigenvalue weighted by Gasteiger charge is -2.13. The van der Waals surface area contributed by atoms with Crippen LogP contribution in [0.5, 0.6) is 0 Å². The van der Waals surface area contributed by atoms with Crippen LogP contribution in [0.4, 0.5) is 11.5 Å². The lowest BCUT2D eigenvalue weighted by molar-refractivity contribution is -0.111. The van der Waals surface area contributed by atoms with E-state index < -0.39 is 0 Å². The van der Waals surface area contributed by atoms with Gasteiger partial charge in [0.15, 0.2) is 0 Å². The molecule has 3 aromatic heterocycles. The van der Waals surface area contributed by atoms with Crippen molar-refractivity contribution in [3.8, 4) is 22.4 Å². The van der Waals surface area contributed by atoms with Gasteiger partial charge in [0.1, 0.15) is 17.8 Å². The maximum atomic E-state index is 11.7. The van der Waals surface area contributed by atoms with Gasteiger partial charge in [-0.1, -0.05) is 18.7 Å². The summed E-state index contributed by atoms with van der Waals surface area (Å²) in [6.45, 7) is 4.19. The van der Waals surface area contributed by atoms with Crippen molar-refractivity contribution in [2.75, 3.05) is 10.6 Å². The van der Waals surface area contributed by atoms with E-state index in [1.54, 1.807) is 6.33 Å². The van der Waals surface area contributed by atoms with Crippen LogP contribution in [0.15, 0.2) is 67.6 Å². The molecule has 0 spiro atoms. The highest BCUT2D eigenvalue weighted by Crippen LogP contribution is 2.46. The molecule has 0 atom stereocenters. The Morgan fingerprint density at radius 1 is 1.19 bits per heavy atom. The van der Waals surface area contributed by atoms with Crippen molar-refractivity contribution in [1.29, 1.82) is 0 Å². The molecule has 156 valence electrons. The number of aromatic nitrogens is 4. The summed E-state index contributed by atoms with van der Waals surface area (Å²) in [5, 5.41) is 8.48.